The molecule has 0 aromatic carbocycles. The molecule has 60 heavy (non-hydrogen) atoms. The number of allylic oxidation sites excluding steroid dienone is 1. The van der Waals surface area contributed by atoms with E-state index in [9.17, 15) is 42.3 Å². The number of H-pyrrole nitrogens is 1. The SMILES string of the molecule is CC(C)C1=C2[C@H]3CC[C@@H]4[C@@]5(C)CC[C@H](OC(=O)[C@H]6C[C@@H](C(=O)O)C6(C)C)C(C)(C)[C@@H]5CC[C@@]4(C)[C@]3(C)CC[C@@]2(NC(=O)C(C)(C)CC(=O)c2cc(C(F)(F)F)[nH]n2)CC1=O. The number of nitrogens with one attached hydrogen (secondary N) is 2. The number of aromatic nitrogens is 2. The van der Waals surface area contributed by atoms with Crippen molar-refractivity contribution in [1.82, 2.24) is 15.5 Å². The highest BCUT2D eigenvalue weighted by Crippen LogP contribution is 2.76. The van der Waals surface area contributed by atoms with E-state index in [0.29, 0.717) is 30.7 Å². The molecule has 0 bridgehead atoms. The van der Waals surface area contributed by atoms with E-state index in [4.69, 9.17) is 4.74 Å². The fraction of sp³-hybridized carbons (Fsp3) is 0.787. The van der Waals surface area contributed by atoms with Crippen LogP contribution < -0.4 is 5.32 Å². The summed E-state index contributed by atoms with van der Waals surface area (Å²) in [6, 6.07) is 0.671. The van der Waals surface area contributed by atoms with Gasteiger partial charge in [-0.15, -0.1) is 0 Å². The summed E-state index contributed by atoms with van der Waals surface area (Å²) in [6.45, 7) is 22.8. The van der Waals surface area contributed by atoms with Crippen LogP contribution in [0.1, 0.15) is 163 Å². The number of alkyl halides is 3. The molecule has 13 heteroatoms. The third-order valence-corrected chi connectivity index (χ3v) is 18.2. The minimum atomic E-state index is -4.69. The Morgan fingerprint density at radius 1 is 0.900 bits per heavy atom. The van der Waals surface area contributed by atoms with Gasteiger partial charge in [-0.1, -0.05) is 76.2 Å². The van der Waals surface area contributed by atoms with Crippen LogP contribution >= 0.6 is 0 Å². The summed E-state index contributed by atoms with van der Waals surface area (Å²) < 4.78 is 46.1. The molecular formula is C47H66F3N3O7. The Kier molecular flexibility index (Phi) is 10.4. The minimum absolute atomic E-state index is 0.0349. The number of fused-ring (bicyclic) bond motifs is 7. The number of nitrogens with zero attached hydrogens (tertiary/aromatic N) is 1. The fourth-order valence-corrected chi connectivity index (χ4v) is 14.5. The minimum Gasteiger partial charge on any atom is -0.481 e. The highest BCUT2D eigenvalue weighted by Gasteiger charge is 2.71. The number of Topliss-reactive ketones (excluding diaryl/α,β-unsaturated/α-hetero) is 2. The van der Waals surface area contributed by atoms with Crippen LogP contribution in [-0.2, 0) is 30.1 Å². The van der Waals surface area contributed by atoms with Crippen molar-refractivity contribution in [3.8, 4) is 0 Å². The van der Waals surface area contributed by atoms with E-state index < -0.39 is 57.7 Å². The standard InChI is InChI=1S/C47H66F3N3O7/c1-24(2)35-30(55)23-46(51-39(59)40(3,4)22-29(54)28-21-33(53-52-28)47(48,49)50)19-18-44(10)25(36(35)46)12-13-32-43(9)16-15-34(42(7,8)31(43)14-17-45(32,44)11)60-38(58)27-20-26(37(56)57)41(27,5)6/h21,24-27,31-32,34H,12-20,22-23H2,1-11H3,(H,51,59)(H,52,53)(H,56,57)/t25-,26+,27-,31+,32-,34+,43+,44-,45-,46-/m1/s1. The maximum Gasteiger partial charge on any atom is 0.432 e. The monoisotopic (exact) mass is 841 g/mol. The van der Waals surface area contributed by atoms with Gasteiger partial charge >= 0.3 is 18.1 Å². The maximum atomic E-state index is 14.3. The van der Waals surface area contributed by atoms with Gasteiger partial charge in [-0.05, 0) is 120 Å². The molecule has 0 unspecified atom stereocenters. The normalized spacial score (nSPS) is 38.2. The Balaban J connectivity index is 1.13. The van der Waals surface area contributed by atoms with Crippen molar-refractivity contribution in [3.05, 3.63) is 28.6 Å². The number of hydrogen-bond donors (Lipinski definition) is 3. The average molecular weight is 842 g/mol. The number of ketones is 2. The highest BCUT2D eigenvalue weighted by molar-refractivity contribution is 6.03. The summed E-state index contributed by atoms with van der Waals surface area (Å²) in [6.07, 6.45) is 1.89. The molecule has 10 atom stereocenters. The molecule has 1 heterocycles. The average Bonchev–Trinajstić information content (AvgIpc) is 3.73. The van der Waals surface area contributed by atoms with Gasteiger partial charge in [0.05, 0.1) is 22.8 Å². The van der Waals surface area contributed by atoms with Crippen LogP contribution in [-0.4, -0.2) is 56.4 Å². The van der Waals surface area contributed by atoms with Gasteiger partial charge in [0.2, 0.25) is 5.91 Å². The van der Waals surface area contributed by atoms with Crippen LogP contribution in [0, 0.1) is 68.0 Å². The molecular weight excluding hydrogens is 776 g/mol. The first-order valence-corrected chi connectivity index (χ1v) is 22.2. The number of ether oxygens (including phenoxy) is 1. The lowest BCUT2D eigenvalue weighted by atomic mass is 9.33. The van der Waals surface area contributed by atoms with Crippen LogP contribution in [0.3, 0.4) is 0 Å². The predicted octanol–water partition coefficient (Wildman–Crippen LogP) is 9.54. The predicted molar refractivity (Wildman–Crippen MR) is 217 cm³/mol. The molecule has 7 rings (SSSR count). The van der Waals surface area contributed by atoms with Crippen molar-refractivity contribution >= 4 is 29.4 Å². The maximum absolute atomic E-state index is 14.3. The summed E-state index contributed by atoms with van der Waals surface area (Å²) >= 11 is 0. The molecule has 6 aliphatic carbocycles. The van der Waals surface area contributed by atoms with Gasteiger partial charge in [0.1, 0.15) is 17.5 Å². The summed E-state index contributed by atoms with van der Waals surface area (Å²) in [7, 11) is 0. The molecule has 0 spiro atoms. The Morgan fingerprint density at radius 2 is 1.57 bits per heavy atom. The van der Waals surface area contributed by atoms with Crippen molar-refractivity contribution in [2.24, 2.45) is 68.0 Å². The van der Waals surface area contributed by atoms with Gasteiger partial charge in [0.25, 0.3) is 0 Å². The van der Waals surface area contributed by atoms with E-state index in [2.05, 4.69) is 45.0 Å². The Hall–Kier alpha value is -3.51. The zero-order valence-corrected chi connectivity index (χ0v) is 37.4. The molecule has 3 N–H and O–H groups in total. The number of aromatic amines is 1. The molecule has 5 saturated carbocycles. The molecule has 0 saturated heterocycles. The summed E-state index contributed by atoms with van der Waals surface area (Å²) in [5, 5.41) is 18.5. The van der Waals surface area contributed by atoms with Crippen LogP contribution in [0.2, 0.25) is 0 Å². The lowest BCUT2D eigenvalue weighted by Gasteiger charge is -2.72. The van der Waals surface area contributed by atoms with Gasteiger partial charge in [0.15, 0.2) is 11.6 Å². The van der Waals surface area contributed by atoms with Crippen LogP contribution in [0.25, 0.3) is 0 Å². The number of rotatable bonds is 9. The van der Waals surface area contributed by atoms with Gasteiger partial charge in [-0.2, -0.15) is 18.3 Å². The first-order chi connectivity index (χ1) is 27.5. The van der Waals surface area contributed by atoms with Crippen molar-refractivity contribution in [1.29, 1.82) is 0 Å². The molecule has 1 aromatic heterocycles. The number of carboxylic acid groups (broad SMARTS) is 1. The Labute approximate surface area is 352 Å². The first-order valence-electron chi connectivity index (χ1n) is 22.2. The zero-order valence-electron chi connectivity index (χ0n) is 37.4. The second kappa shape index (κ2) is 14.0. The van der Waals surface area contributed by atoms with Gasteiger partial charge < -0.3 is 15.2 Å². The van der Waals surface area contributed by atoms with Crippen molar-refractivity contribution < 1.29 is 47.0 Å². The molecule has 332 valence electrons. The largest absolute Gasteiger partial charge is 0.481 e. The lowest BCUT2D eigenvalue weighted by Crippen LogP contribution is -2.67. The molecule has 1 aromatic rings. The number of carboxylic acids is 1. The Bertz CT molecular complexity index is 2030. The van der Waals surface area contributed by atoms with Crippen molar-refractivity contribution in [2.75, 3.05) is 0 Å². The molecule has 0 aliphatic heterocycles. The second-order valence-corrected chi connectivity index (χ2v) is 22.7. The van der Waals surface area contributed by atoms with E-state index in [1.807, 2.05) is 32.8 Å². The number of halogens is 3. The summed E-state index contributed by atoms with van der Waals surface area (Å²) in [5.74, 6) is -2.57. The van der Waals surface area contributed by atoms with Gasteiger partial charge in [-0.3, -0.25) is 29.1 Å². The number of esters is 1. The van der Waals surface area contributed by atoms with E-state index in [1.54, 1.807) is 13.8 Å². The van der Waals surface area contributed by atoms with Crippen LogP contribution in [0.4, 0.5) is 13.2 Å². The number of aliphatic carboxylic acids is 1. The third-order valence-electron chi connectivity index (χ3n) is 18.2. The highest BCUT2D eigenvalue weighted by atomic mass is 19.4. The number of carbonyl (C=O) groups excluding carboxylic acids is 4. The zero-order chi connectivity index (χ0) is 44.6. The van der Waals surface area contributed by atoms with Crippen molar-refractivity contribution in [2.45, 2.75) is 165 Å². The topological polar surface area (TPSA) is 156 Å². The molecule has 0 radical (unpaired) electrons. The smallest absolute Gasteiger partial charge is 0.432 e. The number of carbonyl (C=O) groups is 5. The second-order valence-electron chi connectivity index (χ2n) is 22.7. The van der Waals surface area contributed by atoms with Crippen LogP contribution in [0.5, 0.6) is 0 Å². The molecule has 10 nitrogen and oxygen atoms in total. The quantitative estimate of drug-likeness (QED) is 0.164. The van der Waals surface area contributed by atoms with E-state index in [0.717, 1.165) is 56.1 Å². The molecule has 1 amide bonds. The molecule has 6 aliphatic rings. The summed E-state index contributed by atoms with van der Waals surface area (Å²) in [4.78, 5) is 67.1. The fourth-order valence-electron chi connectivity index (χ4n) is 14.5. The van der Waals surface area contributed by atoms with Gasteiger partial charge in [0, 0.05) is 18.3 Å². The Morgan fingerprint density at radius 3 is 2.15 bits per heavy atom. The first kappa shape index (κ1) is 44.5. The van der Waals surface area contributed by atoms with Crippen LogP contribution in [0.15, 0.2) is 17.2 Å². The van der Waals surface area contributed by atoms with Gasteiger partial charge in [-0.25, -0.2) is 0 Å². The lowest BCUT2D eigenvalue weighted by molar-refractivity contribution is -0.235. The summed E-state index contributed by atoms with van der Waals surface area (Å²) in [5.41, 5.74) is -3.17. The third kappa shape index (κ3) is 6.45. The van der Waals surface area contributed by atoms with E-state index in [-0.39, 0.29) is 69.9 Å². The number of hydrogen-bond acceptors (Lipinski definition) is 7. The van der Waals surface area contributed by atoms with E-state index in [1.165, 1.54) is 0 Å². The van der Waals surface area contributed by atoms with E-state index >= 15 is 0 Å². The molecule has 5 fully saturated rings. The van der Waals surface area contributed by atoms with Crippen molar-refractivity contribution in [3.63, 3.8) is 0 Å². The number of amides is 1.